The molecule has 0 aromatic rings. The average molecular weight is 428 g/mol. The van der Waals surface area contributed by atoms with Crippen molar-refractivity contribution in [1.29, 1.82) is 0 Å². The maximum Gasteiger partial charge on any atom is 0.191 e. The third-order valence-corrected chi connectivity index (χ3v) is 3.62. The van der Waals surface area contributed by atoms with Crippen LogP contribution in [0, 0.1) is 0 Å². The summed E-state index contributed by atoms with van der Waals surface area (Å²) in [7, 11) is 2.17. The van der Waals surface area contributed by atoms with Gasteiger partial charge in [-0.15, -0.1) is 24.0 Å². The number of likely N-dealkylation sites (N-methyl/N-ethyl adjacent to an activating group) is 1. The lowest BCUT2D eigenvalue weighted by Crippen LogP contribution is -2.42. The summed E-state index contributed by atoms with van der Waals surface area (Å²) in [5, 5.41) is 6.69. The molecule has 1 unspecified atom stereocenters. The number of rotatable bonds is 12. The van der Waals surface area contributed by atoms with Crippen molar-refractivity contribution >= 4 is 29.9 Å². The lowest BCUT2D eigenvalue weighted by molar-refractivity contribution is 0.144. The molecule has 0 saturated carbocycles. The van der Waals surface area contributed by atoms with Gasteiger partial charge in [0.2, 0.25) is 0 Å². The summed E-state index contributed by atoms with van der Waals surface area (Å²) in [6.07, 6.45) is 3.33. The molecule has 134 valence electrons. The van der Waals surface area contributed by atoms with E-state index < -0.39 is 0 Å². The van der Waals surface area contributed by atoms with Gasteiger partial charge < -0.3 is 20.3 Å². The predicted molar refractivity (Wildman–Crippen MR) is 108 cm³/mol. The minimum absolute atomic E-state index is 0. The number of ether oxygens (including phenoxy) is 1. The molecule has 0 spiro atoms. The van der Waals surface area contributed by atoms with Crippen molar-refractivity contribution in [2.75, 3.05) is 46.4 Å². The number of nitrogens with one attached hydrogen (secondary N) is 2. The molecular formula is C16H37IN4O. The molecule has 22 heavy (non-hydrogen) atoms. The van der Waals surface area contributed by atoms with Crippen molar-refractivity contribution < 1.29 is 4.74 Å². The number of nitrogens with zero attached hydrogens (tertiary/aromatic N) is 2. The summed E-state index contributed by atoms with van der Waals surface area (Å²) in [5.41, 5.74) is 0. The Balaban J connectivity index is 0. The summed E-state index contributed by atoms with van der Waals surface area (Å²) in [6, 6.07) is 0.630. The smallest absolute Gasteiger partial charge is 0.191 e. The van der Waals surface area contributed by atoms with E-state index in [4.69, 9.17) is 4.74 Å². The SMILES string of the molecule is CCNC(=NCCCCOCC)NCCN(C)C(C)CC.I. The first-order valence-corrected chi connectivity index (χ1v) is 8.45. The minimum atomic E-state index is 0. The molecule has 6 heteroatoms. The second kappa shape index (κ2) is 17.3. The van der Waals surface area contributed by atoms with Crippen LogP contribution in [-0.4, -0.2) is 63.3 Å². The van der Waals surface area contributed by atoms with E-state index in [1.165, 1.54) is 6.42 Å². The number of guanidine groups is 1. The molecule has 0 radical (unpaired) electrons. The molecule has 5 nitrogen and oxygen atoms in total. The van der Waals surface area contributed by atoms with Crippen molar-refractivity contribution in [3.63, 3.8) is 0 Å². The standard InChI is InChI=1S/C16H36N4O.HI/c1-6-15(4)20(5)13-12-19-16(17-7-2)18-11-9-10-14-21-8-3;/h15H,6-14H2,1-5H3,(H2,17,18,19);1H. The van der Waals surface area contributed by atoms with E-state index in [0.29, 0.717) is 6.04 Å². The molecule has 0 heterocycles. The third kappa shape index (κ3) is 13.6. The summed E-state index contributed by atoms with van der Waals surface area (Å²) in [5.74, 6) is 0.923. The molecule has 2 N–H and O–H groups in total. The fourth-order valence-electron chi connectivity index (χ4n) is 1.88. The largest absolute Gasteiger partial charge is 0.382 e. The zero-order chi connectivity index (χ0) is 15.9. The third-order valence-electron chi connectivity index (χ3n) is 3.62. The molecule has 0 aromatic heterocycles. The Kier molecular flexibility index (Phi) is 19.0. The van der Waals surface area contributed by atoms with Gasteiger partial charge in [-0.2, -0.15) is 0 Å². The Labute approximate surface area is 154 Å². The maximum atomic E-state index is 5.33. The van der Waals surface area contributed by atoms with Crippen LogP contribution in [0.5, 0.6) is 0 Å². The molecule has 0 aliphatic heterocycles. The molecule has 0 fully saturated rings. The van der Waals surface area contributed by atoms with Gasteiger partial charge in [0.05, 0.1) is 0 Å². The van der Waals surface area contributed by atoms with Crippen LogP contribution in [-0.2, 0) is 4.74 Å². The van der Waals surface area contributed by atoms with Crippen LogP contribution >= 0.6 is 24.0 Å². The van der Waals surface area contributed by atoms with Gasteiger partial charge in [-0.3, -0.25) is 4.99 Å². The maximum absolute atomic E-state index is 5.33. The highest BCUT2D eigenvalue weighted by atomic mass is 127. The summed E-state index contributed by atoms with van der Waals surface area (Å²) < 4.78 is 5.33. The van der Waals surface area contributed by atoms with E-state index in [-0.39, 0.29) is 24.0 Å². The van der Waals surface area contributed by atoms with E-state index in [2.05, 4.69) is 48.3 Å². The Morgan fingerprint density at radius 3 is 2.50 bits per heavy atom. The summed E-state index contributed by atoms with van der Waals surface area (Å²) in [4.78, 5) is 6.97. The van der Waals surface area contributed by atoms with Gasteiger partial charge in [0.25, 0.3) is 0 Å². The van der Waals surface area contributed by atoms with E-state index in [9.17, 15) is 0 Å². The first kappa shape index (κ1) is 24.2. The normalized spacial score (nSPS) is 12.9. The Morgan fingerprint density at radius 2 is 1.91 bits per heavy atom. The van der Waals surface area contributed by atoms with E-state index in [0.717, 1.165) is 58.2 Å². The fourth-order valence-corrected chi connectivity index (χ4v) is 1.88. The molecule has 0 aliphatic carbocycles. The number of unbranched alkanes of at least 4 members (excludes halogenated alkanes) is 1. The lowest BCUT2D eigenvalue weighted by Gasteiger charge is -2.24. The van der Waals surface area contributed by atoms with Gasteiger partial charge in [0.1, 0.15) is 0 Å². The number of halogens is 1. The van der Waals surface area contributed by atoms with Crippen molar-refractivity contribution in [3.8, 4) is 0 Å². The average Bonchev–Trinajstić information content (AvgIpc) is 2.49. The molecule has 0 aliphatic rings. The molecule has 0 bridgehead atoms. The van der Waals surface area contributed by atoms with Crippen molar-refractivity contribution in [1.82, 2.24) is 15.5 Å². The molecule has 0 aromatic carbocycles. The Morgan fingerprint density at radius 1 is 1.18 bits per heavy atom. The zero-order valence-electron chi connectivity index (χ0n) is 15.2. The summed E-state index contributed by atoms with van der Waals surface area (Å²) >= 11 is 0. The highest BCUT2D eigenvalue weighted by Crippen LogP contribution is 1.98. The Hall–Kier alpha value is -0.0800. The van der Waals surface area contributed by atoms with Gasteiger partial charge in [0.15, 0.2) is 5.96 Å². The van der Waals surface area contributed by atoms with Crippen molar-refractivity contribution in [3.05, 3.63) is 0 Å². The second-order valence-corrected chi connectivity index (χ2v) is 5.33. The van der Waals surface area contributed by atoms with Crippen LogP contribution < -0.4 is 10.6 Å². The molecule has 0 saturated heterocycles. The van der Waals surface area contributed by atoms with Gasteiger partial charge >= 0.3 is 0 Å². The molecule has 0 amide bonds. The zero-order valence-corrected chi connectivity index (χ0v) is 17.5. The molecular weight excluding hydrogens is 391 g/mol. The monoisotopic (exact) mass is 428 g/mol. The van der Waals surface area contributed by atoms with Gasteiger partial charge in [0, 0.05) is 45.4 Å². The van der Waals surface area contributed by atoms with Crippen LogP contribution in [0.2, 0.25) is 0 Å². The highest BCUT2D eigenvalue weighted by molar-refractivity contribution is 14.0. The fraction of sp³-hybridized carbons (Fsp3) is 0.938. The van der Waals surface area contributed by atoms with E-state index in [1.54, 1.807) is 0 Å². The predicted octanol–water partition coefficient (Wildman–Crippen LogP) is 2.71. The van der Waals surface area contributed by atoms with Crippen LogP contribution in [0.4, 0.5) is 0 Å². The van der Waals surface area contributed by atoms with Gasteiger partial charge in [-0.25, -0.2) is 0 Å². The number of aliphatic imine (C=N–C) groups is 1. The van der Waals surface area contributed by atoms with Crippen LogP contribution in [0.3, 0.4) is 0 Å². The minimum Gasteiger partial charge on any atom is -0.382 e. The number of hydrogen-bond acceptors (Lipinski definition) is 3. The van der Waals surface area contributed by atoms with E-state index in [1.807, 2.05) is 6.92 Å². The van der Waals surface area contributed by atoms with Crippen LogP contribution in [0.25, 0.3) is 0 Å². The highest BCUT2D eigenvalue weighted by Gasteiger charge is 2.06. The first-order valence-electron chi connectivity index (χ1n) is 8.45. The quantitative estimate of drug-likeness (QED) is 0.217. The van der Waals surface area contributed by atoms with Gasteiger partial charge in [-0.1, -0.05) is 6.92 Å². The van der Waals surface area contributed by atoms with Crippen LogP contribution in [0.15, 0.2) is 4.99 Å². The molecule has 0 rings (SSSR count). The lowest BCUT2D eigenvalue weighted by atomic mass is 10.2. The van der Waals surface area contributed by atoms with Crippen molar-refractivity contribution in [2.45, 2.75) is 53.0 Å². The molecule has 1 atom stereocenters. The topological polar surface area (TPSA) is 48.9 Å². The van der Waals surface area contributed by atoms with Crippen LogP contribution in [0.1, 0.15) is 47.0 Å². The Bertz CT molecular complexity index is 265. The van der Waals surface area contributed by atoms with E-state index >= 15 is 0 Å². The first-order chi connectivity index (χ1) is 10.2. The second-order valence-electron chi connectivity index (χ2n) is 5.33. The summed E-state index contributed by atoms with van der Waals surface area (Å²) in [6.45, 7) is 14.0. The van der Waals surface area contributed by atoms with Gasteiger partial charge in [-0.05, 0) is 47.1 Å². The number of hydrogen-bond donors (Lipinski definition) is 2. The van der Waals surface area contributed by atoms with Crippen molar-refractivity contribution in [2.24, 2.45) is 4.99 Å².